The molecule has 13 aromatic rings. The molecule has 0 aliphatic heterocycles. The van der Waals surface area contributed by atoms with Gasteiger partial charge >= 0.3 is 0 Å². The summed E-state index contributed by atoms with van der Waals surface area (Å²) >= 11 is 0. The fourth-order valence-electron chi connectivity index (χ4n) is 12.8. The molecule has 2 aliphatic rings. The second-order valence-corrected chi connectivity index (χ2v) is 18.6. The van der Waals surface area contributed by atoms with Crippen LogP contribution in [0, 0.1) is 0 Å². The summed E-state index contributed by atoms with van der Waals surface area (Å²) in [4.78, 5) is 0. The van der Waals surface area contributed by atoms with Crippen molar-refractivity contribution in [1.29, 1.82) is 0 Å². The highest BCUT2D eigenvalue weighted by atomic mass is 14.5. The largest absolute Gasteiger partial charge is 0.0737 e. The second-order valence-electron chi connectivity index (χ2n) is 18.6. The normalized spacial score (nSPS) is 13.2. The first-order valence-corrected chi connectivity index (χ1v) is 23.5. The molecule has 67 heavy (non-hydrogen) atoms. The van der Waals surface area contributed by atoms with Gasteiger partial charge in [0.05, 0.1) is 5.41 Å². The summed E-state index contributed by atoms with van der Waals surface area (Å²) in [5.74, 6) is 0. The lowest BCUT2D eigenvalue weighted by Gasteiger charge is -2.33. The van der Waals surface area contributed by atoms with Gasteiger partial charge in [0, 0.05) is 0 Å². The highest BCUT2D eigenvalue weighted by Crippen LogP contribution is 2.67. The van der Waals surface area contributed by atoms with E-state index < -0.39 is 5.41 Å². The third kappa shape index (κ3) is 4.86. The van der Waals surface area contributed by atoms with Crippen LogP contribution in [0.4, 0.5) is 0 Å². The Morgan fingerprint density at radius 2 is 0.627 bits per heavy atom. The molecule has 0 saturated carbocycles. The highest BCUT2D eigenvalue weighted by molar-refractivity contribution is 6.27. The minimum atomic E-state index is -0.536. The van der Waals surface area contributed by atoms with Crippen LogP contribution in [0.25, 0.3) is 120 Å². The molecule has 0 heteroatoms. The van der Waals surface area contributed by atoms with Gasteiger partial charge in [-0.1, -0.05) is 224 Å². The maximum absolute atomic E-state index is 2.60. The molecular formula is C67H40. The van der Waals surface area contributed by atoms with Crippen molar-refractivity contribution >= 4 is 64.6 Å². The van der Waals surface area contributed by atoms with Crippen molar-refractivity contribution in [2.24, 2.45) is 0 Å². The maximum Gasteiger partial charge on any atom is 0.0737 e. The molecule has 0 radical (unpaired) electrons. The van der Waals surface area contributed by atoms with E-state index in [1.807, 2.05) is 0 Å². The average molecular weight is 845 g/mol. The average Bonchev–Trinajstić information content (AvgIpc) is 3.88. The Bertz CT molecular complexity index is 4160. The first-order valence-electron chi connectivity index (χ1n) is 23.5. The molecule has 13 aromatic carbocycles. The van der Waals surface area contributed by atoms with Crippen LogP contribution in [0.15, 0.2) is 243 Å². The topological polar surface area (TPSA) is 0 Å². The number of hydrogen-bond donors (Lipinski definition) is 0. The van der Waals surface area contributed by atoms with Crippen molar-refractivity contribution in [1.82, 2.24) is 0 Å². The van der Waals surface area contributed by atoms with Gasteiger partial charge in [-0.15, -0.1) is 0 Å². The van der Waals surface area contributed by atoms with E-state index in [1.165, 1.54) is 143 Å². The van der Waals surface area contributed by atoms with Gasteiger partial charge in [-0.3, -0.25) is 0 Å². The lowest BCUT2D eigenvalue weighted by Crippen LogP contribution is -2.26. The van der Waals surface area contributed by atoms with E-state index in [1.54, 1.807) is 0 Å². The summed E-state index contributed by atoms with van der Waals surface area (Å²) in [5, 5.41) is 15.3. The fourth-order valence-corrected chi connectivity index (χ4v) is 12.8. The Balaban J connectivity index is 1.07. The second kappa shape index (κ2) is 13.7. The summed E-state index contributed by atoms with van der Waals surface area (Å²) in [6.45, 7) is 0. The molecule has 0 saturated heterocycles. The van der Waals surface area contributed by atoms with Crippen molar-refractivity contribution in [3.8, 4) is 55.6 Å². The van der Waals surface area contributed by atoms with Crippen molar-refractivity contribution in [3.05, 3.63) is 265 Å². The molecule has 308 valence electrons. The Hall–Kier alpha value is -8.58. The van der Waals surface area contributed by atoms with E-state index in [-0.39, 0.29) is 0 Å². The first-order chi connectivity index (χ1) is 33.3. The van der Waals surface area contributed by atoms with Crippen molar-refractivity contribution in [2.75, 3.05) is 0 Å². The van der Waals surface area contributed by atoms with E-state index in [4.69, 9.17) is 0 Å². The van der Waals surface area contributed by atoms with E-state index in [9.17, 15) is 0 Å². The van der Waals surface area contributed by atoms with Crippen LogP contribution in [-0.4, -0.2) is 0 Å². The van der Waals surface area contributed by atoms with Crippen LogP contribution in [0.1, 0.15) is 22.3 Å². The molecule has 0 aromatic heterocycles. The standard InChI is InChI=1S/C67H40/c1-2-18-41(19-3-1)42-34-35-44-39-45(37-36-43(44)38-42)62-52-26-8-10-28-54(52)63(55-29-11-9-27-53(55)62)58-40-59-64-51-25-7-4-20-46(51)47-21-5-13-31-57(47)66(64)67(65(59)56-30-12-6-22-48(56)58)60-32-16-14-23-49(60)50-24-15-17-33-61(50)67/h1-40H. The van der Waals surface area contributed by atoms with Gasteiger partial charge in [-0.05, 0) is 161 Å². The van der Waals surface area contributed by atoms with Crippen molar-refractivity contribution < 1.29 is 0 Å². The Morgan fingerprint density at radius 3 is 1.22 bits per heavy atom. The molecule has 0 unspecified atom stereocenters. The fraction of sp³-hybridized carbons (Fsp3) is 0.0149. The minimum Gasteiger partial charge on any atom is -0.0622 e. The monoisotopic (exact) mass is 844 g/mol. The zero-order chi connectivity index (χ0) is 43.8. The summed E-state index contributed by atoms with van der Waals surface area (Å²) in [6, 6.07) is 91.5. The summed E-state index contributed by atoms with van der Waals surface area (Å²) in [5.41, 5.74) is 17.8. The van der Waals surface area contributed by atoms with Gasteiger partial charge in [0.15, 0.2) is 0 Å². The lowest BCUT2D eigenvalue weighted by molar-refractivity contribution is 0.809. The molecule has 0 bridgehead atoms. The summed E-state index contributed by atoms with van der Waals surface area (Å²) < 4.78 is 0. The van der Waals surface area contributed by atoms with Crippen LogP contribution in [0.3, 0.4) is 0 Å². The lowest BCUT2D eigenvalue weighted by atomic mass is 9.68. The molecule has 0 atom stereocenters. The van der Waals surface area contributed by atoms with E-state index >= 15 is 0 Å². The van der Waals surface area contributed by atoms with Crippen molar-refractivity contribution in [2.45, 2.75) is 5.41 Å². The predicted molar refractivity (Wildman–Crippen MR) is 284 cm³/mol. The SMILES string of the molecule is c1ccc(-c2ccc3cc(-c4c5ccccc5c(-c5cc6c(c7ccccc57)C5(c7ccccc7-c7ccccc75)c5c-6c6ccccc6c6ccccc56)c5ccccc45)ccc3c2)cc1. The molecule has 2 aliphatic carbocycles. The number of benzene rings is 13. The predicted octanol–water partition coefficient (Wildman–Crippen LogP) is 18.0. The van der Waals surface area contributed by atoms with E-state index in [2.05, 4.69) is 243 Å². The Kier molecular flexibility index (Phi) is 7.52. The van der Waals surface area contributed by atoms with Crippen LogP contribution in [0.2, 0.25) is 0 Å². The third-order valence-electron chi connectivity index (χ3n) is 15.4. The molecule has 0 N–H and O–H groups in total. The number of hydrogen-bond acceptors (Lipinski definition) is 0. The molecular weight excluding hydrogens is 805 g/mol. The molecule has 0 nitrogen and oxygen atoms in total. The van der Waals surface area contributed by atoms with Crippen LogP contribution >= 0.6 is 0 Å². The third-order valence-corrected chi connectivity index (χ3v) is 15.4. The van der Waals surface area contributed by atoms with E-state index in [0.717, 1.165) is 0 Å². The van der Waals surface area contributed by atoms with Gasteiger partial charge in [0.25, 0.3) is 0 Å². The molecule has 0 heterocycles. The van der Waals surface area contributed by atoms with Crippen LogP contribution in [-0.2, 0) is 5.41 Å². The summed E-state index contributed by atoms with van der Waals surface area (Å²) in [6.07, 6.45) is 0. The molecule has 0 amide bonds. The molecule has 15 rings (SSSR count). The van der Waals surface area contributed by atoms with Gasteiger partial charge < -0.3 is 0 Å². The zero-order valence-corrected chi connectivity index (χ0v) is 36.6. The van der Waals surface area contributed by atoms with Gasteiger partial charge in [0.2, 0.25) is 0 Å². The van der Waals surface area contributed by atoms with Crippen LogP contribution in [0.5, 0.6) is 0 Å². The van der Waals surface area contributed by atoms with Crippen molar-refractivity contribution in [3.63, 3.8) is 0 Å². The Labute approximate surface area is 388 Å². The molecule has 1 spiro atoms. The first kappa shape index (κ1) is 36.7. The smallest absolute Gasteiger partial charge is 0.0622 e. The van der Waals surface area contributed by atoms with Crippen LogP contribution < -0.4 is 0 Å². The molecule has 0 fully saturated rings. The maximum atomic E-state index is 2.60. The summed E-state index contributed by atoms with van der Waals surface area (Å²) in [7, 11) is 0. The van der Waals surface area contributed by atoms with Gasteiger partial charge in [-0.25, -0.2) is 0 Å². The number of rotatable bonds is 3. The Morgan fingerprint density at radius 1 is 0.209 bits per heavy atom. The van der Waals surface area contributed by atoms with Gasteiger partial charge in [0.1, 0.15) is 0 Å². The van der Waals surface area contributed by atoms with E-state index in [0.29, 0.717) is 0 Å². The zero-order valence-electron chi connectivity index (χ0n) is 36.6. The highest BCUT2D eigenvalue weighted by Gasteiger charge is 2.54. The quantitative estimate of drug-likeness (QED) is 0.123. The number of fused-ring (bicyclic) bond motifs is 20. The minimum absolute atomic E-state index is 0.536. The van der Waals surface area contributed by atoms with Gasteiger partial charge in [-0.2, -0.15) is 0 Å².